The van der Waals surface area contributed by atoms with Crippen molar-refractivity contribution >= 4 is 17.3 Å². The molecular formula is C18H22N2O. The van der Waals surface area contributed by atoms with Crippen LogP contribution >= 0.6 is 0 Å². The zero-order chi connectivity index (χ0) is 15.2. The monoisotopic (exact) mass is 282 g/mol. The van der Waals surface area contributed by atoms with E-state index in [2.05, 4.69) is 6.92 Å². The molecular weight excluding hydrogens is 260 g/mol. The standard InChI is InChI=1S/C18H22N2O/c1-3-4-12-20(15-8-6-5-7-9-15)18(21)16-13-14(2)10-11-17(16)19/h5-11,13H,3-4,12,19H2,1-2H3. The van der Waals surface area contributed by atoms with Gasteiger partial charge in [0.05, 0.1) is 5.56 Å². The Morgan fingerprint density at radius 1 is 1.14 bits per heavy atom. The van der Waals surface area contributed by atoms with E-state index in [1.807, 2.05) is 54.3 Å². The van der Waals surface area contributed by atoms with Gasteiger partial charge in [0.2, 0.25) is 0 Å². The SMILES string of the molecule is CCCCN(C(=O)c1cc(C)ccc1N)c1ccccc1. The van der Waals surface area contributed by atoms with Gasteiger partial charge in [-0.2, -0.15) is 0 Å². The van der Waals surface area contributed by atoms with Crippen molar-refractivity contribution in [2.75, 3.05) is 17.2 Å². The minimum absolute atomic E-state index is 0.0316. The van der Waals surface area contributed by atoms with E-state index < -0.39 is 0 Å². The molecule has 2 N–H and O–H groups in total. The molecule has 3 heteroatoms. The molecule has 2 aromatic carbocycles. The van der Waals surface area contributed by atoms with E-state index >= 15 is 0 Å². The Bertz CT molecular complexity index is 608. The number of hydrogen-bond donors (Lipinski definition) is 1. The Labute approximate surface area is 126 Å². The zero-order valence-electron chi connectivity index (χ0n) is 12.7. The number of amides is 1. The van der Waals surface area contributed by atoms with Crippen LogP contribution in [0.15, 0.2) is 48.5 Å². The minimum atomic E-state index is -0.0316. The fourth-order valence-electron chi connectivity index (χ4n) is 2.27. The number of nitrogens with two attached hydrogens (primary N) is 1. The van der Waals surface area contributed by atoms with E-state index in [9.17, 15) is 4.79 Å². The molecule has 0 spiro atoms. The summed E-state index contributed by atoms with van der Waals surface area (Å²) in [4.78, 5) is 14.7. The number of hydrogen-bond acceptors (Lipinski definition) is 2. The lowest BCUT2D eigenvalue weighted by Gasteiger charge is -2.23. The third-order valence-electron chi connectivity index (χ3n) is 3.49. The van der Waals surface area contributed by atoms with Crippen LogP contribution in [0.25, 0.3) is 0 Å². The number of nitrogens with zero attached hydrogens (tertiary/aromatic N) is 1. The number of para-hydroxylation sites is 1. The molecule has 0 aliphatic rings. The van der Waals surface area contributed by atoms with Gasteiger partial charge in [-0.05, 0) is 37.6 Å². The lowest BCUT2D eigenvalue weighted by Crippen LogP contribution is -2.32. The molecule has 0 atom stereocenters. The van der Waals surface area contributed by atoms with Crippen LogP contribution in [-0.2, 0) is 0 Å². The summed E-state index contributed by atoms with van der Waals surface area (Å²) in [6.45, 7) is 4.79. The number of carbonyl (C=O) groups is 1. The highest BCUT2D eigenvalue weighted by molar-refractivity contribution is 6.09. The minimum Gasteiger partial charge on any atom is -0.398 e. The quantitative estimate of drug-likeness (QED) is 0.842. The maximum Gasteiger partial charge on any atom is 0.260 e. The maximum atomic E-state index is 12.9. The summed E-state index contributed by atoms with van der Waals surface area (Å²) >= 11 is 0. The fraction of sp³-hybridized carbons (Fsp3) is 0.278. The second kappa shape index (κ2) is 6.93. The smallest absolute Gasteiger partial charge is 0.260 e. The molecule has 1 amide bonds. The summed E-state index contributed by atoms with van der Waals surface area (Å²) in [6, 6.07) is 15.3. The van der Waals surface area contributed by atoms with Gasteiger partial charge < -0.3 is 10.6 Å². The molecule has 0 bridgehead atoms. The van der Waals surface area contributed by atoms with Crippen LogP contribution in [0, 0.1) is 6.92 Å². The third kappa shape index (κ3) is 3.63. The first-order chi connectivity index (χ1) is 10.1. The van der Waals surface area contributed by atoms with E-state index in [0.29, 0.717) is 17.8 Å². The Kier molecular flexibility index (Phi) is 4.99. The lowest BCUT2D eigenvalue weighted by molar-refractivity contribution is 0.0987. The van der Waals surface area contributed by atoms with Gasteiger partial charge in [-0.15, -0.1) is 0 Å². The molecule has 110 valence electrons. The van der Waals surface area contributed by atoms with Gasteiger partial charge in [-0.1, -0.05) is 43.2 Å². The van der Waals surface area contributed by atoms with Crippen molar-refractivity contribution in [1.29, 1.82) is 0 Å². The number of benzene rings is 2. The molecule has 0 saturated carbocycles. The predicted octanol–water partition coefficient (Wildman–Crippen LogP) is 4.02. The molecule has 0 unspecified atom stereocenters. The second-order valence-corrected chi connectivity index (χ2v) is 5.24. The Morgan fingerprint density at radius 3 is 2.52 bits per heavy atom. The normalized spacial score (nSPS) is 10.4. The average Bonchev–Trinajstić information content (AvgIpc) is 2.51. The summed E-state index contributed by atoms with van der Waals surface area (Å²) in [5.74, 6) is -0.0316. The maximum absolute atomic E-state index is 12.9. The topological polar surface area (TPSA) is 46.3 Å². The number of nitrogen functional groups attached to an aromatic ring is 1. The number of anilines is 2. The highest BCUT2D eigenvalue weighted by atomic mass is 16.2. The van der Waals surface area contributed by atoms with E-state index in [1.165, 1.54) is 0 Å². The summed E-state index contributed by atoms with van der Waals surface area (Å²) in [5, 5.41) is 0. The predicted molar refractivity (Wildman–Crippen MR) is 88.6 cm³/mol. The molecule has 2 aromatic rings. The van der Waals surface area contributed by atoms with E-state index in [0.717, 1.165) is 24.1 Å². The van der Waals surface area contributed by atoms with E-state index in [-0.39, 0.29) is 5.91 Å². The number of rotatable bonds is 5. The van der Waals surface area contributed by atoms with Crippen LogP contribution in [0.4, 0.5) is 11.4 Å². The van der Waals surface area contributed by atoms with Gasteiger partial charge in [0.1, 0.15) is 0 Å². The molecule has 0 aliphatic carbocycles. The van der Waals surface area contributed by atoms with Crippen molar-refractivity contribution < 1.29 is 4.79 Å². The van der Waals surface area contributed by atoms with Crippen LogP contribution in [-0.4, -0.2) is 12.5 Å². The summed E-state index contributed by atoms with van der Waals surface area (Å²) < 4.78 is 0. The van der Waals surface area contributed by atoms with Gasteiger partial charge in [0, 0.05) is 17.9 Å². The highest BCUT2D eigenvalue weighted by Gasteiger charge is 2.19. The molecule has 3 nitrogen and oxygen atoms in total. The van der Waals surface area contributed by atoms with Crippen molar-refractivity contribution in [2.45, 2.75) is 26.7 Å². The zero-order valence-corrected chi connectivity index (χ0v) is 12.7. The number of carbonyl (C=O) groups excluding carboxylic acids is 1. The van der Waals surface area contributed by atoms with Crippen molar-refractivity contribution in [3.8, 4) is 0 Å². The summed E-state index contributed by atoms with van der Waals surface area (Å²) in [7, 11) is 0. The van der Waals surface area contributed by atoms with Gasteiger partial charge in [-0.25, -0.2) is 0 Å². The molecule has 0 fully saturated rings. The highest BCUT2D eigenvalue weighted by Crippen LogP contribution is 2.21. The fourth-order valence-corrected chi connectivity index (χ4v) is 2.27. The average molecular weight is 282 g/mol. The van der Waals surface area contributed by atoms with E-state index in [1.54, 1.807) is 6.07 Å². The summed E-state index contributed by atoms with van der Waals surface area (Å²) in [6.07, 6.45) is 2.01. The molecule has 0 saturated heterocycles. The van der Waals surface area contributed by atoms with Gasteiger partial charge in [-0.3, -0.25) is 4.79 Å². The third-order valence-corrected chi connectivity index (χ3v) is 3.49. The largest absolute Gasteiger partial charge is 0.398 e. The lowest BCUT2D eigenvalue weighted by atomic mass is 10.1. The van der Waals surface area contributed by atoms with Crippen LogP contribution in [0.2, 0.25) is 0 Å². The number of unbranched alkanes of at least 4 members (excludes halogenated alkanes) is 1. The van der Waals surface area contributed by atoms with Crippen molar-refractivity contribution in [2.24, 2.45) is 0 Å². The Morgan fingerprint density at radius 2 is 1.86 bits per heavy atom. The second-order valence-electron chi connectivity index (χ2n) is 5.24. The van der Waals surface area contributed by atoms with Crippen LogP contribution in [0.3, 0.4) is 0 Å². The van der Waals surface area contributed by atoms with Crippen LogP contribution in [0.5, 0.6) is 0 Å². The molecule has 0 heterocycles. The van der Waals surface area contributed by atoms with Crippen LogP contribution in [0.1, 0.15) is 35.7 Å². The Hall–Kier alpha value is -2.29. The van der Waals surface area contributed by atoms with Crippen molar-refractivity contribution in [3.05, 3.63) is 59.7 Å². The number of aryl methyl sites for hydroxylation is 1. The Balaban J connectivity index is 2.36. The molecule has 21 heavy (non-hydrogen) atoms. The molecule has 2 rings (SSSR count). The van der Waals surface area contributed by atoms with Crippen molar-refractivity contribution in [1.82, 2.24) is 0 Å². The first kappa shape index (κ1) is 15.1. The van der Waals surface area contributed by atoms with E-state index in [4.69, 9.17) is 5.73 Å². The molecule has 0 radical (unpaired) electrons. The van der Waals surface area contributed by atoms with Gasteiger partial charge in [0.25, 0.3) is 5.91 Å². The van der Waals surface area contributed by atoms with Crippen molar-refractivity contribution in [3.63, 3.8) is 0 Å². The first-order valence-corrected chi connectivity index (χ1v) is 7.36. The molecule has 0 aliphatic heterocycles. The van der Waals surface area contributed by atoms with Gasteiger partial charge >= 0.3 is 0 Å². The molecule has 0 aromatic heterocycles. The van der Waals surface area contributed by atoms with Gasteiger partial charge in [0.15, 0.2) is 0 Å². The first-order valence-electron chi connectivity index (χ1n) is 7.36. The summed E-state index contributed by atoms with van der Waals surface area (Å²) in [5.41, 5.74) is 9.05. The van der Waals surface area contributed by atoms with Crippen LogP contribution < -0.4 is 10.6 Å².